The number of rotatable bonds is 4. The van der Waals surface area contributed by atoms with Gasteiger partial charge in [-0.2, -0.15) is 5.10 Å². The Morgan fingerprint density at radius 1 is 1.59 bits per heavy atom. The molecule has 0 saturated carbocycles. The maximum atomic E-state index is 11.9. The van der Waals surface area contributed by atoms with Crippen LogP contribution in [0.25, 0.3) is 0 Å². The summed E-state index contributed by atoms with van der Waals surface area (Å²) in [6, 6.07) is 0. The molecular formula is C11H17N3O3. The maximum absolute atomic E-state index is 11.9. The summed E-state index contributed by atoms with van der Waals surface area (Å²) < 4.78 is 1.52. The smallest absolute Gasteiger partial charge is 0.329 e. The number of hydrogen-bond acceptors (Lipinski definition) is 3. The summed E-state index contributed by atoms with van der Waals surface area (Å²) in [6.07, 6.45) is 1.88. The van der Waals surface area contributed by atoms with Crippen molar-refractivity contribution in [2.24, 2.45) is 7.05 Å². The number of amides is 1. The van der Waals surface area contributed by atoms with Crippen molar-refractivity contribution in [2.75, 3.05) is 0 Å². The Labute approximate surface area is 99.6 Å². The van der Waals surface area contributed by atoms with Gasteiger partial charge in [0.2, 0.25) is 0 Å². The van der Waals surface area contributed by atoms with Gasteiger partial charge in [0.1, 0.15) is 5.54 Å². The predicted octanol–water partition coefficient (Wildman–Crippen LogP) is 0.712. The average Bonchev–Trinajstić information content (AvgIpc) is 2.57. The molecule has 2 N–H and O–H groups in total. The molecular weight excluding hydrogens is 222 g/mol. The molecule has 0 spiro atoms. The van der Waals surface area contributed by atoms with E-state index in [1.807, 2.05) is 0 Å². The van der Waals surface area contributed by atoms with Crippen LogP contribution in [-0.2, 0) is 11.8 Å². The minimum absolute atomic E-state index is 0.313. The molecule has 0 aliphatic rings. The van der Waals surface area contributed by atoms with Crippen molar-refractivity contribution in [3.8, 4) is 0 Å². The van der Waals surface area contributed by atoms with Gasteiger partial charge in [0.15, 0.2) is 0 Å². The van der Waals surface area contributed by atoms with Gasteiger partial charge in [-0.15, -0.1) is 0 Å². The zero-order valence-corrected chi connectivity index (χ0v) is 10.4. The van der Waals surface area contributed by atoms with Crippen molar-refractivity contribution in [1.82, 2.24) is 15.1 Å². The minimum atomic E-state index is -1.25. The van der Waals surface area contributed by atoms with Gasteiger partial charge in [-0.05, 0) is 20.3 Å². The molecule has 1 atom stereocenters. The molecule has 1 aromatic rings. The first-order valence-electron chi connectivity index (χ1n) is 5.36. The standard InChI is InChI=1S/C11H17N3O3/c1-5-11(3,10(16)17)12-9(15)8-6-14(4)13-7(8)2/h6H,5H2,1-4H3,(H,12,15)(H,16,17). The van der Waals surface area contributed by atoms with Crippen molar-refractivity contribution in [3.05, 3.63) is 17.5 Å². The molecule has 1 rings (SSSR count). The molecule has 0 aliphatic carbocycles. The summed E-state index contributed by atoms with van der Waals surface area (Å²) in [4.78, 5) is 23.0. The van der Waals surface area contributed by atoms with Gasteiger partial charge in [0, 0.05) is 13.2 Å². The number of carboxylic acids is 1. The van der Waals surface area contributed by atoms with Crippen molar-refractivity contribution in [3.63, 3.8) is 0 Å². The van der Waals surface area contributed by atoms with E-state index in [0.717, 1.165) is 0 Å². The van der Waals surface area contributed by atoms with Gasteiger partial charge in [-0.3, -0.25) is 9.48 Å². The van der Waals surface area contributed by atoms with E-state index in [2.05, 4.69) is 10.4 Å². The van der Waals surface area contributed by atoms with Crippen molar-refractivity contribution in [2.45, 2.75) is 32.7 Å². The van der Waals surface area contributed by atoms with Crippen molar-refractivity contribution < 1.29 is 14.7 Å². The Morgan fingerprint density at radius 3 is 2.53 bits per heavy atom. The van der Waals surface area contributed by atoms with E-state index < -0.39 is 17.4 Å². The summed E-state index contributed by atoms with van der Waals surface area (Å²) in [5.41, 5.74) is -0.276. The second kappa shape index (κ2) is 4.57. The Hall–Kier alpha value is -1.85. The molecule has 1 heterocycles. The quantitative estimate of drug-likeness (QED) is 0.810. The lowest BCUT2D eigenvalue weighted by Crippen LogP contribution is -2.51. The second-order valence-corrected chi connectivity index (χ2v) is 4.25. The lowest BCUT2D eigenvalue weighted by Gasteiger charge is -2.24. The van der Waals surface area contributed by atoms with E-state index in [1.165, 1.54) is 11.6 Å². The van der Waals surface area contributed by atoms with Gasteiger partial charge < -0.3 is 10.4 Å². The van der Waals surface area contributed by atoms with E-state index in [0.29, 0.717) is 17.7 Å². The van der Waals surface area contributed by atoms with Crippen LogP contribution in [0.4, 0.5) is 0 Å². The second-order valence-electron chi connectivity index (χ2n) is 4.25. The molecule has 94 valence electrons. The van der Waals surface area contributed by atoms with Crippen LogP contribution in [0, 0.1) is 6.92 Å². The minimum Gasteiger partial charge on any atom is -0.480 e. The molecule has 1 unspecified atom stereocenters. The third-order valence-corrected chi connectivity index (χ3v) is 2.83. The Balaban J connectivity index is 2.93. The normalized spacial score (nSPS) is 14.1. The highest BCUT2D eigenvalue weighted by atomic mass is 16.4. The number of nitrogens with one attached hydrogen (secondary N) is 1. The largest absolute Gasteiger partial charge is 0.480 e. The fourth-order valence-corrected chi connectivity index (χ4v) is 1.43. The summed E-state index contributed by atoms with van der Waals surface area (Å²) in [7, 11) is 1.71. The first kappa shape index (κ1) is 13.2. The molecule has 6 nitrogen and oxygen atoms in total. The Kier molecular flexibility index (Phi) is 3.55. The molecule has 0 aromatic carbocycles. The molecule has 1 aromatic heterocycles. The molecule has 0 bridgehead atoms. The third-order valence-electron chi connectivity index (χ3n) is 2.83. The number of carbonyl (C=O) groups is 2. The van der Waals surface area contributed by atoms with E-state index in [-0.39, 0.29) is 0 Å². The molecule has 6 heteroatoms. The third kappa shape index (κ3) is 2.64. The number of aromatic nitrogens is 2. The number of nitrogens with zero attached hydrogens (tertiary/aromatic N) is 2. The van der Waals surface area contributed by atoms with Crippen LogP contribution < -0.4 is 5.32 Å². The first-order valence-corrected chi connectivity index (χ1v) is 5.36. The Bertz CT molecular complexity index is 453. The van der Waals surface area contributed by atoms with Crippen LogP contribution in [0.1, 0.15) is 36.3 Å². The van der Waals surface area contributed by atoms with Crippen LogP contribution >= 0.6 is 0 Å². The highest BCUT2D eigenvalue weighted by molar-refractivity contribution is 5.98. The summed E-state index contributed by atoms with van der Waals surface area (Å²) in [6.45, 7) is 4.91. The van der Waals surface area contributed by atoms with Gasteiger partial charge in [-0.1, -0.05) is 6.92 Å². The number of aliphatic carboxylic acids is 1. The predicted molar refractivity (Wildman–Crippen MR) is 61.7 cm³/mol. The average molecular weight is 239 g/mol. The van der Waals surface area contributed by atoms with Crippen LogP contribution in [0.15, 0.2) is 6.20 Å². The highest BCUT2D eigenvalue weighted by Crippen LogP contribution is 2.12. The van der Waals surface area contributed by atoms with Gasteiger partial charge in [0.25, 0.3) is 5.91 Å². The zero-order chi connectivity index (χ0) is 13.2. The number of aryl methyl sites for hydroxylation is 2. The number of carboxylic acid groups (broad SMARTS) is 1. The van der Waals surface area contributed by atoms with E-state index in [1.54, 1.807) is 27.1 Å². The molecule has 1 amide bonds. The summed E-state index contributed by atoms with van der Waals surface area (Å²) in [5, 5.41) is 15.6. The van der Waals surface area contributed by atoms with E-state index in [9.17, 15) is 9.59 Å². The molecule has 0 radical (unpaired) electrons. The Morgan fingerprint density at radius 2 is 2.18 bits per heavy atom. The highest BCUT2D eigenvalue weighted by Gasteiger charge is 2.33. The lowest BCUT2D eigenvalue weighted by atomic mass is 9.98. The fraction of sp³-hybridized carbons (Fsp3) is 0.545. The molecule has 0 fully saturated rings. The number of carbonyl (C=O) groups excluding carboxylic acids is 1. The van der Waals surface area contributed by atoms with E-state index >= 15 is 0 Å². The number of hydrogen-bond donors (Lipinski definition) is 2. The topological polar surface area (TPSA) is 84.2 Å². The van der Waals surface area contributed by atoms with E-state index in [4.69, 9.17) is 5.11 Å². The summed E-state index contributed by atoms with van der Waals surface area (Å²) in [5.74, 6) is -1.46. The SMILES string of the molecule is CCC(C)(NC(=O)c1cn(C)nc1C)C(=O)O. The molecule has 0 saturated heterocycles. The molecule has 17 heavy (non-hydrogen) atoms. The van der Waals surface area contributed by atoms with Crippen LogP contribution in [0.5, 0.6) is 0 Å². The van der Waals surface area contributed by atoms with Crippen LogP contribution in [0.2, 0.25) is 0 Å². The summed E-state index contributed by atoms with van der Waals surface area (Å²) >= 11 is 0. The maximum Gasteiger partial charge on any atom is 0.329 e. The lowest BCUT2D eigenvalue weighted by molar-refractivity contribution is -0.143. The first-order chi connectivity index (χ1) is 7.80. The monoisotopic (exact) mass is 239 g/mol. The van der Waals surface area contributed by atoms with Gasteiger partial charge in [-0.25, -0.2) is 4.79 Å². The van der Waals surface area contributed by atoms with Crippen LogP contribution in [-0.4, -0.2) is 32.3 Å². The van der Waals surface area contributed by atoms with Gasteiger partial charge in [0.05, 0.1) is 11.3 Å². The molecule has 0 aliphatic heterocycles. The van der Waals surface area contributed by atoms with Crippen molar-refractivity contribution in [1.29, 1.82) is 0 Å². The van der Waals surface area contributed by atoms with Crippen molar-refractivity contribution >= 4 is 11.9 Å². The van der Waals surface area contributed by atoms with Gasteiger partial charge >= 0.3 is 5.97 Å². The van der Waals surface area contributed by atoms with Crippen LogP contribution in [0.3, 0.4) is 0 Å². The zero-order valence-electron chi connectivity index (χ0n) is 10.4. The fourth-order valence-electron chi connectivity index (χ4n) is 1.43.